The van der Waals surface area contributed by atoms with E-state index in [0.29, 0.717) is 10.8 Å². The third-order valence-electron chi connectivity index (χ3n) is 2.56. The highest BCUT2D eigenvalue weighted by atomic mass is 35.5. The molecule has 0 bridgehead atoms. The van der Waals surface area contributed by atoms with Crippen molar-refractivity contribution in [3.8, 4) is 0 Å². The Hall–Kier alpha value is -0.720. The van der Waals surface area contributed by atoms with Gasteiger partial charge in [0.15, 0.2) is 0 Å². The van der Waals surface area contributed by atoms with Crippen LogP contribution in [0.3, 0.4) is 0 Å². The summed E-state index contributed by atoms with van der Waals surface area (Å²) in [5, 5.41) is 0.133. The van der Waals surface area contributed by atoms with Crippen LogP contribution in [0.4, 0.5) is 0 Å². The Morgan fingerprint density at radius 3 is 2.72 bits per heavy atom. The van der Waals surface area contributed by atoms with E-state index in [4.69, 9.17) is 22.1 Å². The highest BCUT2D eigenvalue weighted by molar-refractivity contribution is 8.00. The van der Waals surface area contributed by atoms with Crippen molar-refractivity contribution in [2.75, 3.05) is 5.75 Å². The summed E-state index contributed by atoms with van der Waals surface area (Å²) < 4.78 is 5.26. The summed E-state index contributed by atoms with van der Waals surface area (Å²) >= 11 is 7.49. The molecule has 0 aromatic rings. The van der Waals surface area contributed by atoms with E-state index < -0.39 is 17.6 Å². The van der Waals surface area contributed by atoms with Gasteiger partial charge in [0.05, 0.1) is 5.03 Å². The van der Waals surface area contributed by atoms with Crippen molar-refractivity contribution in [3.63, 3.8) is 0 Å². The van der Waals surface area contributed by atoms with Gasteiger partial charge in [-0.3, -0.25) is 9.69 Å². The number of thioether (sulfide) groups is 1. The first-order valence-corrected chi connectivity index (χ1v) is 6.97. The fourth-order valence-electron chi connectivity index (χ4n) is 1.80. The summed E-state index contributed by atoms with van der Waals surface area (Å²) in [4.78, 5) is 25.1. The minimum atomic E-state index is -0.628. The average Bonchev–Trinajstić information content (AvgIpc) is 2.25. The molecule has 1 amide bonds. The van der Waals surface area contributed by atoms with Gasteiger partial charge in [0, 0.05) is 5.75 Å². The Morgan fingerprint density at radius 1 is 1.56 bits per heavy atom. The molecule has 2 N–H and O–H groups in total. The second kappa shape index (κ2) is 4.43. The molecule has 2 rings (SSSR count). The Bertz CT molecular complexity index is 444. The number of hydrogen-bond acceptors (Lipinski definition) is 5. The molecule has 0 saturated carbocycles. The van der Waals surface area contributed by atoms with Crippen LogP contribution in [-0.4, -0.2) is 39.5 Å². The molecule has 7 heteroatoms. The molecule has 0 aromatic carbocycles. The summed E-state index contributed by atoms with van der Waals surface area (Å²) in [7, 11) is 0. The number of halogens is 1. The zero-order valence-electron chi connectivity index (χ0n) is 10.4. The highest BCUT2D eigenvalue weighted by Gasteiger charge is 2.52. The van der Waals surface area contributed by atoms with Gasteiger partial charge >= 0.3 is 5.97 Å². The number of carbonyl (C=O) groups excluding carboxylic acids is 2. The second-order valence-electron chi connectivity index (χ2n) is 5.19. The van der Waals surface area contributed by atoms with E-state index in [1.165, 1.54) is 16.7 Å². The summed E-state index contributed by atoms with van der Waals surface area (Å²) in [5.74, 6) is -0.387. The fraction of sp³-hybridized carbons (Fsp3) is 0.636. The molecule has 18 heavy (non-hydrogen) atoms. The van der Waals surface area contributed by atoms with Crippen molar-refractivity contribution in [1.29, 1.82) is 0 Å². The molecular weight excluding hydrogens is 276 g/mol. The molecule has 1 fully saturated rings. The Labute approximate surface area is 115 Å². The van der Waals surface area contributed by atoms with E-state index in [2.05, 4.69) is 0 Å². The predicted octanol–water partition coefficient (Wildman–Crippen LogP) is 1.02. The largest absolute Gasteiger partial charge is 0.455 e. The number of amides is 1. The van der Waals surface area contributed by atoms with Gasteiger partial charge in [-0.1, -0.05) is 11.6 Å². The molecule has 0 aromatic heterocycles. The maximum atomic E-state index is 12.1. The van der Waals surface area contributed by atoms with Crippen LogP contribution in [-0.2, 0) is 14.3 Å². The van der Waals surface area contributed by atoms with Crippen molar-refractivity contribution >= 4 is 35.2 Å². The van der Waals surface area contributed by atoms with Gasteiger partial charge in [0.25, 0.3) is 0 Å². The molecule has 2 aliphatic rings. The first kappa shape index (κ1) is 13.7. The molecule has 0 radical (unpaired) electrons. The summed E-state index contributed by atoms with van der Waals surface area (Å²) in [6.07, 6.45) is 0. The smallest absolute Gasteiger partial charge is 0.356 e. The monoisotopic (exact) mass is 290 g/mol. The van der Waals surface area contributed by atoms with E-state index in [1.807, 2.05) is 0 Å². The van der Waals surface area contributed by atoms with Crippen LogP contribution in [0.15, 0.2) is 10.7 Å². The van der Waals surface area contributed by atoms with Gasteiger partial charge in [-0.15, -0.1) is 11.8 Å². The first-order valence-electron chi connectivity index (χ1n) is 5.54. The molecule has 2 aliphatic heterocycles. The van der Waals surface area contributed by atoms with Crippen LogP contribution in [0.2, 0.25) is 0 Å². The summed E-state index contributed by atoms with van der Waals surface area (Å²) in [5.41, 5.74) is 5.20. The molecule has 0 spiro atoms. The van der Waals surface area contributed by atoms with Crippen LogP contribution >= 0.6 is 23.4 Å². The standard InChI is InChI=1S/C11H15ClN2O3S/c1-11(2,3)17-10(16)7-5(12)4-18-9-6(13)8(15)14(7)9/h6,9H,4,13H2,1-3H3/t6-,9-/m1/s1. The molecule has 2 atom stereocenters. The van der Waals surface area contributed by atoms with Gasteiger partial charge < -0.3 is 10.5 Å². The highest BCUT2D eigenvalue weighted by Crippen LogP contribution is 2.41. The minimum absolute atomic E-state index is 0.141. The third-order valence-corrected chi connectivity index (χ3v) is 4.33. The number of β-lactam (4-membered cyclic amide) rings is 1. The fourth-order valence-corrected chi connectivity index (χ4v) is 3.29. The number of rotatable bonds is 1. The van der Waals surface area contributed by atoms with Crippen molar-refractivity contribution in [2.24, 2.45) is 5.73 Å². The maximum absolute atomic E-state index is 12.1. The Morgan fingerprint density at radius 2 is 2.17 bits per heavy atom. The molecule has 5 nitrogen and oxygen atoms in total. The van der Waals surface area contributed by atoms with Crippen molar-refractivity contribution in [1.82, 2.24) is 4.90 Å². The number of nitrogens with two attached hydrogens (primary N) is 1. The van der Waals surface area contributed by atoms with Crippen LogP contribution in [0.25, 0.3) is 0 Å². The first-order chi connectivity index (χ1) is 8.22. The summed E-state index contributed by atoms with van der Waals surface area (Å²) in [6, 6.07) is -0.558. The van der Waals surface area contributed by atoms with Gasteiger partial charge in [0.1, 0.15) is 22.7 Å². The Kier molecular flexibility index (Phi) is 3.38. The van der Waals surface area contributed by atoms with Gasteiger partial charge in [-0.05, 0) is 20.8 Å². The summed E-state index contributed by atoms with van der Waals surface area (Å²) in [6.45, 7) is 5.29. The molecule has 0 aliphatic carbocycles. The number of ether oxygens (including phenoxy) is 1. The van der Waals surface area contributed by atoms with Crippen molar-refractivity contribution < 1.29 is 14.3 Å². The lowest BCUT2D eigenvalue weighted by Gasteiger charge is -2.47. The predicted molar refractivity (Wildman–Crippen MR) is 69.8 cm³/mol. The second-order valence-corrected chi connectivity index (χ2v) is 6.75. The number of hydrogen-bond donors (Lipinski definition) is 1. The average molecular weight is 291 g/mol. The van der Waals surface area contributed by atoms with E-state index in [-0.39, 0.29) is 17.0 Å². The maximum Gasteiger partial charge on any atom is 0.356 e. The van der Waals surface area contributed by atoms with E-state index >= 15 is 0 Å². The number of carbonyl (C=O) groups is 2. The third kappa shape index (κ3) is 2.24. The van der Waals surface area contributed by atoms with Crippen LogP contribution in [0, 0.1) is 0 Å². The van der Waals surface area contributed by atoms with Gasteiger partial charge in [-0.25, -0.2) is 4.79 Å². The van der Waals surface area contributed by atoms with Gasteiger partial charge in [0.2, 0.25) is 5.91 Å². The van der Waals surface area contributed by atoms with E-state index in [9.17, 15) is 9.59 Å². The Balaban J connectivity index is 2.25. The van der Waals surface area contributed by atoms with E-state index in [0.717, 1.165) is 0 Å². The van der Waals surface area contributed by atoms with Gasteiger partial charge in [-0.2, -0.15) is 0 Å². The number of nitrogens with zero attached hydrogens (tertiary/aromatic N) is 1. The SMILES string of the molecule is CC(C)(C)OC(=O)C1=C(Cl)CS[C@@H]2[C@H](N)C(=O)N12. The topological polar surface area (TPSA) is 72.6 Å². The molecule has 100 valence electrons. The molecular formula is C11H15ClN2O3S. The van der Waals surface area contributed by atoms with Crippen molar-refractivity contribution in [2.45, 2.75) is 37.8 Å². The lowest BCUT2D eigenvalue weighted by Crippen LogP contribution is -2.68. The van der Waals surface area contributed by atoms with Crippen LogP contribution < -0.4 is 5.73 Å². The zero-order chi connectivity index (χ0) is 13.7. The lowest BCUT2D eigenvalue weighted by atomic mass is 10.1. The normalized spacial score (nSPS) is 27.8. The zero-order valence-corrected chi connectivity index (χ0v) is 12.0. The van der Waals surface area contributed by atoms with Crippen LogP contribution in [0.1, 0.15) is 20.8 Å². The molecule has 0 unspecified atom stereocenters. The number of fused-ring (bicyclic) bond motifs is 1. The minimum Gasteiger partial charge on any atom is -0.455 e. The molecule has 1 saturated heterocycles. The lowest BCUT2D eigenvalue weighted by molar-refractivity contribution is -0.157. The molecule has 2 heterocycles. The van der Waals surface area contributed by atoms with Crippen molar-refractivity contribution in [3.05, 3.63) is 10.7 Å². The van der Waals surface area contributed by atoms with Crippen LogP contribution in [0.5, 0.6) is 0 Å². The quantitative estimate of drug-likeness (QED) is 0.577. The van der Waals surface area contributed by atoms with E-state index in [1.54, 1.807) is 20.8 Å². The number of esters is 1.